The lowest BCUT2D eigenvalue weighted by atomic mass is 9.82. The fraction of sp³-hybridized carbons (Fsp3) is 0.583. The number of piperidine rings is 2. The van der Waals surface area contributed by atoms with Crippen molar-refractivity contribution in [3.63, 3.8) is 0 Å². The van der Waals surface area contributed by atoms with Crippen LogP contribution in [0.15, 0.2) is 36.4 Å². The van der Waals surface area contributed by atoms with Crippen LogP contribution in [0.25, 0.3) is 0 Å². The fourth-order valence-electron chi connectivity index (χ4n) is 8.03. The molecule has 4 N–H and O–H groups in total. The molecule has 11 nitrogen and oxygen atoms in total. The van der Waals surface area contributed by atoms with Gasteiger partial charge in [-0.2, -0.15) is 0 Å². The van der Waals surface area contributed by atoms with Crippen LogP contribution in [0.4, 0.5) is 21.0 Å². The van der Waals surface area contributed by atoms with Crippen molar-refractivity contribution in [2.75, 3.05) is 63.4 Å². The summed E-state index contributed by atoms with van der Waals surface area (Å²) in [6.45, 7) is 9.67. The molecule has 3 fully saturated rings. The maximum absolute atomic E-state index is 14.2. The number of piperazine rings is 1. The number of nitrogens with one attached hydrogen (secondary N) is 2. The molecule has 3 saturated heterocycles. The van der Waals surface area contributed by atoms with Crippen molar-refractivity contribution in [1.29, 1.82) is 0 Å². The van der Waals surface area contributed by atoms with Crippen molar-refractivity contribution < 1.29 is 23.9 Å². The smallest absolute Gasteiger partial charge is 0.412 e. The Bertz CT molecular complexity index is 1490. The highest BCUT2D eigenvalue weighted by Gasteiger charge is 2.46. The number of aryl methyl sites for hydroxylation is 1. The SMILES string of the molecule is CCCC1CCNCC1N1CCN(C(=O)[C@@H](Cc2cc(Cl)c(N)c(CC)c2)OC(=O)N2CCC3(CC2)OC(=O)Nc2ccccc23)CC1. The Labute approximate surface area is 288 Å². The van der Waals surface area contributed by atoms with Crippen LogP contribution in [0.2, 0.25) is 5.02 Å². The van der Waals surface area contributed by atoms with E-state index in [-0.39, 0.29) is 12.3 Å². The molecule has 4 aliphatic rings. The molecule has 2 aromatic rings. The molecule has 0 bridgehead atoms. The van der Waals surface area contributed by atoms with Gasteiger partial charge in [0.25, 0.3) is 5.91 Å². The number of benzene rings is 2. The molecule has 0 saturated carbocycles. The number of nitrogens with two attached hydrogens (primary N) is 1. The van der Waals surface area contributed by atoms with Crippen LogP contribution in [0, 0.1) is 5.92 Å². The fourth-order valence-corrected chi connectivity index (χ4v) is 8.29. The molecule has 12 heteroatoms. The zero-order chi connectivity index (χ0) is 33.8. The van der Waals surface area contributed by atoms with E-state index in [0.29, 0.717) is 68.1 Å². The van der Waals surface area contributed by atoms with Crippen molar-refractivity contribution in [3.8, 4) is 0 Å². The first kappa shape index (κ1) is 34.3. The normalized spacial score (nSPS) is 23.2. The van der Waals surface area contributed by atoms with E-state index in [4.69, 9.17) is 26.8 Å². The van der Waals surface area contributed by atoms with Crippen LogP contribution >= 0.6 is 11.6 Å². The Morgan fingerprint density at radius 1 is 1.08 bits per heavy atom. The second kappa shape index (κ2) is 14.9. The van der Waals surface area contributed by atoms with E-state index < -0.39 is 23.9 Å². The van der Waals surface area contributed by atoms with Gasteiger partial charge in [-0.3, -0.25) is 15.0 Å². The molecule has 0 aromatic heterocycles. The number of hydrogen-bond acceptors (Lipinski definition) is 8. The Kier molecular flexibility index (Phi) is 10.7. The molecule has 4 aliphatic heterocycles. The van der Waals surface area contributed by atoms with Crippen molar-refractivity contribution in [2.45, 2.75) is 76.5 Å². The molecule has 6 rings (SSSR count). The molecular weight excluding hydrogens is 632 g/mol. The number of para-hydroxylation sites is 1. The van der Waals surface area contributed by atoms with Gasteiger partial charge in [-0.15, -0.1) is 0 Å². The summed E-state index contributed by atoms with van der Waals surface area (Å²) in [5.74, 6) is 0.469. The van der Waals surface area contributed by atoms with E-state index in [9.17, 15) is 14.4 Å². The van der Waals surface area contributed by atoms with Crippen LogP contribution in [0.3, 0.4) is 0 Å². The first-order chi connectivity index (χ1) is 23.2. The molecular formula is C36H49ClN6O5. The van der Waals surface area contributed by atoms with E-state index in [0.717, 1.165) is 48.6 Å². The Hall–Kier alpha value is -3.54. The maximum atomic E-state index is 14.2. The molecule has 3 amide bonds. The van der Waals surface area contributed by atoms with Gasteiger partial charge in [-0.05, 0) is 55.0 Å². The van der Waals surface area contributed by atoms with Crippen LogP contribution < -0.4 is 16.4 Å². The summed E-state index contributed by atoms with van der Waals surface area (Å²) >= 11 is 6.49. The first-order valence-electron chi connectivity index (χ1n) is 17.6. The number of hydrogen-bond donors (Lipinski definition) is 3. The number of anilines is 2. The molecule has 4 heterocycles. The molecule has 1 spiro atoms. The molecule has 48 heavy (non-hydrogen) atoms. The van der Waals surface area contributed by atoms with Gasteiger partial charge < -0.3 is 30.3 Å². The van der Waals surface area contributed by atoms with Gasteiger partial charge in [0.2, 0.25) is 0 Å². The number of carbonyl (C=O) groups excluding carboxylic acids is 3. The van der Waals surface area contributed by atoms with Gasteiger partial charge in [0, 0.05) is 76.7 Å². The highest BCUT2D eigenvalue weighted by molar-refractivity contribution is 6.33. The Balaban J connectivity index is 1.15. The van der Waals surface area contributed by atoms with Gasteiger partial charge in [0.1, 0.15) is 5.60 Å². The number of ether oxygens (including phenoxy) is 2. The standard InChI is InChI=1S/C36H49ClN6O5/c1-3-7-26-10-13-39-23-30(26)41-16-18-42(19-17-41)33(44)31(22-24-20-25(4-2)32(38)28(37)21-24)47-35(46)43-14-11-36(12-15-43)27-8-5-6-9-29(27)40-34(45)48-36/h5-6,8-9,20-21,26,30-31,39H,3-4,7,10-19,22-23,38H2,1-2H3,(H,40,45)/t26?,30?,31-/m1/s1. The van der Waals surface area contributed by atoms with Crippen LogP contribution in [-0.4, -0.2) is 97.3 Å². The quantitative estimate of drug-likeness (QED) is 0.332. The van der Waals surface area contributed by atoms with E-state index in [1.807, 2.05) is 42.2 Å². The maximum Gasteiger partial charge on any atom is 0.412 e. The van der Waals surface area contributed by atoms with Gasteiger partial charge in [-0.25, -0.2) is 9.59 Å². The Morgan fingerprint density at radius 3 is 2.56 bits per heavy atom. The topological polar surface area (TPSA) is 129 Å². The number of carbonyl (C=O) groups is 3. The van der Waals surface area contributed by atoms with Crippen LogP contribution in [0.1, 0.15) is 62.6 Å². The number of halogens is 1. The van der Waals surface area contributed by atoms with Gasteiger partial charge in [0.15, 0.2) is 6.10 Å². The van der Waals surface area contributed by atoms with E-state index in [1.165, 1.54) is 19.3 Å². The van der Waals surface area contributed by atoms with Crippen LogP contribution in [-0.2, 0) is 32.7 Å². The molecule has 0 radical (unpaired) electrons. The molecule has 260 valence electrons. The number of nitrogens with zero attached hydrogens (tertiary/aromatic N) is 3. The summed E-state index contributed by atoms with van der Waals surface area (Å²) in [5.41, 5.74) is 9.24. The van der Waals surface area contributed by atoms with E-state index >= 15 is 0 Å². The highest BCUT2D eigenvalue weighted by Crippen LogP contribution is 2.43. The summed E-state index contributed by atoms with van der Waals surface area (Å²) in [7, 11) is 0. The lowest BCUT2D eigenvalue weighted by molar-refractivity contribution is -0.143. The second-order valence-electron chi connectivity index (χ2n) is 13.6. The number of rotatable bonds is 8. The van der Waals surface area contributed by atoms with Gasteiger partial charge in [0.05, 0.1) is 16.4 Å². The van der Waals surface area contributed by atoms with Crippen molar-refractivity contribution in [2.24, 2.45) is 5.92 Å². The third kappa shape index (κ3) is 7.23. The zero-order valence-electron chi connectivity index (χ0n) is 28.1. The first-order valence-corrected chi connectivity index (χ1v) is 17.9. The highest BCUT2D eigenvalue weighted by atomic mass is 35.5. The predicted octanol–water partition coefficient (Wildman–Crippen LogP) is 5.01. The van der Waals surface area contributed by atoms with Crippen molar-refractivity contribution in [3.05, 3.63) is 58.1 Å². The largest absolute Gasteiger partial charge is 0.438 e. The van der Waals surface area contributed by atoms with Gasteiger partial charge in [-0.1, -0.05) is 56.1 Å². The zero-order valence-corrected chi connectivity index (χ0v) is 28.9. The average molecular weight is 681 g/mol. The lowest BCUT2D eigenvalue weighted by Gasteiger charge is -2.45. The predicted molar refractivity (Wildman–Crippen MR) is 186 cm³/mol. The van der Waals surface area contributed by atoms with Crippen molar-refractivity contribution >= 4 is 41.1 Å². The summed E-state index contributed by atoms with van der Waals surface area (Å²) < 4.78 is 11.9. The number of likely N-dealkylation sites (tertiary alicyclic amines) is 1. The van der Waals surface area contributed by atoms with E-state index in [1.54, 1.807) is 11.0 Å². The monoisotopic (exact) mass is 680 g/mol. The summed E-state index contributed by atoms with van der Waals surface area (Å²) in [6, 6.07) is 11.8. The molecule has 3 atom stereocenters. The van der Waals surface area contributed by atoms with Crippen molar-refractivity contribution in [1.82, 2.24) is 20.0 Å². The van der Waals surface area contributed by atoms with Gasteiger partial charge >= 0.3 is 12.2 Å². The average Bonchev–Trinajstić information content (AvgIpc) is 3.10. The lowest BCUT2D eigenvalue weighted by Crippen LogP contribution is -2.59. The summed E-state index contributed by atoms with van der Waals surface area (Å²) in [4.78, 5) is 46.3. The summed E-state index contributed by atoms with van der Waals surface area (Å²) in [6.07, 6.45) is 3.24. The minimum Gasteiger partial charge on any atom is -0.438 e. The Morgan fingerprint density at radius 2 is 1.83 bits per heavy atom. The summed E-state index contributed by atoms with van der Waals surface area (Å²) in [5, 5.41) is 6.76. The second-order valence-corrected chi connectivity index (χ2v) is 14.0. The molecule has 2 unspecified atom stereocenters. The number of nitrogen functional groups attached to an aromatic ring is 1. The molecule has 0 aliphatic carbocycles. The number of fused-ring (bicyclic) bond motifs is 2. The minimum atomic E-state index is -1.02. The minimum absolute atomic E-state index is 0.192. The third-order valence-corrected chi connectivity index (χ3v) is 11.0. The number of amides is 3. The molecule has 2 aromatic carbocycles. The third-order valence-electron chi connectivity index (χ3n) is 10.7. The van der Waals surface area contributed by atoms with Crippen LogP contribution in [0.5, 0.6) is 0 Å². The van der Waals surface area contributed by atoms with E-state index in [2.05, 4.69) is 22.5 Å².